The maximum absolute atomic E-state index is 9.97. The largest absolute Gasteiger partial charge is 1.00 e. The third-order valence-corrected chi connectivity index (χ3v) is 1.17. The third kappa shape index (κ3) is 6.55. The Bertz CT molecular complexity index is 97.7. The number of hydrogen-bond donors (Lipinski definition) is 1. The molecule has 0 aliphatic rings. The summed E-state index contributed by atoms with van der Waals surface area (Å²) in [4.78, 5) is 9.97. The molecule has 0 fully saturated rings. The van der Waals surface area contributed by atoms with Gasteiger partial charge in [-0.15, -0.1) is 0 Å². The van der Waals surface area contributed by atoms with E-state index in [0.717, 1.165) is 12.8 Å². The van der Waals surface area contributed by atoms with Crippen molar-refractivity contribution in [3.05, 3.63) is 0 Å². The van der Waals surface area contributed by atoms with Gasteiger partial charge in [-0.2, -0.15) is 0 Å². The van der Waals surface area contributed by atoms with E-state index in [1.807, 2.05) is 6.92 Å². The molecule has 0 heterocycles. The first-order valence-corrected chi connectivity index (χ1v) is 3.15. The molecule has 54 valence electrons. The van der Waals surface area contributed by atoms with Gasteiger partial charge >= 0.3 is 29.6 Å². The molecule has 2 N–H and O–H groups in total. The molecule has 0 aromatic rings. The molecule has 0 rings (SSSR count). The van der Waals surface area contributed by atoms with Crippen LogP contribution in [0.4, 0.5) is 0 Å². The van der Waals surface area contributed by atoms with E-state index >= 15 is 0 Å². The summed E-state index contributed by atoms with van der Waals surface area (Å²) in [5.41, 5.74) is 5.14. The van der Waals surface area contributed by atoms with Crippen LogP contribution < -0.4 is 40.4 Å². The Hall–Kier alpha value is 0.430. The number of nitrogens with two attached hydrogens (primary N) is 1. The number of carbonyl (C=O) groups excluding carboxylic acids is 1. The van der Waals surface area contributed by atoms with Crippen LogP contribution in [0, 0.1) is 0 Å². The van der Waals surface area contributed by atoms with Gasteiger partial charge in [-0.05, 0) is 6.42 Å². The fourth-order valence-electron chi connectivity index (χ4n) is 0.542. The van der Waals surface area contributed by atoms with Gasteiger partial charge in [-0.25, -0.2) is 0 Å². The molecule has 1 atom stereocenters. The minimum atomic E-state index is -1.15. The molecule has 0 aliphatic heterocycles. The molecule has 3 nitrogen and oxygen atoms in total. The van der Waals surface area contributed by atoms with Crippen molar-refractivity contribution in [2.45, 2.75) is 32.2 Å². The summed E-state index contributed by atoms with van der Waals surface area (Å²) in [6.07, 6.45) is 2.36. The summed E-state index contributed by atoms with van der Waals surface area (Å²) in [5.74, 6) is -1.15. The average molecular weight is 153 g/mol. The van der Waals surface area contributed by atoms with Gasteiger partial charge in [0.25, 0.3) is 0 Å². The maximum atomic E-state index is 9.97. The maximum Gasteiger partial charge on any atom is 1.00 e. The smallest absolute Gasteiger partial charge is 0.548 e. The first-order valence-electron chi connectivity index (χ1n) is 3.15. The van der Waals surface area contributed by atoms with Gasteiger partial charge in [0.1, 0.15) is 0 Å². The molecule has 4 heteroatoms. The van der Waals surface area contributed by atoms with E-state index in [1.165, 1.54) is 0 Å². The summed E-state index contributed by atoms with van der Waals surface area (Å²) in [5, 5.41) is 9.97. The summed E-state index contributed by atoms with van der Waals surface area (Å²) in [6, 6.07) is -0.773. The molecule has 0 radical (unpaired) electrons. The van der Waals surface area contributed by atoms with E-state index in [9.17, 15) is 9.90 Å². The van der Waals surface area contributed by atoms with E-state index in [4.69, 9.17) is 5.73 Å². The molecule has 0 saturated heterocycles. The molecule has 10 heavy (non-hydrogen) atoms. The molecule has 1 unspecified atom stereocenters. The van der Waals surface area contributed by atoms with Crippen LogP contribution in [0.15, 0.2) is 0 Å². The van der Waals surface area contributed by atoms with Crippen LogP contribution in [-0.4, -0.2) is 12.0 Å². The zero-order chi connectivity index (χ0) is 7.28. The normalized spacial score (nSPS) is 11.8. The van der Waals surface area contributed by atoms with Gasteiger partial charge in [-0.1, -0.05) is 19.8 Å². The summed E-state index contributed by atoms with van der Waals surface area (Å²) in [6.45, 7) is 1.99. The first kappa shape index (κ1) is 13.1. The Labute approximate surface area is 83.3 Å². The SMILES string of the molecule is CCCCC(N)C(=O)[O-].[Na+]. The predicted molar refractivity (Wildman–Crippen MR) is 32.5 cm³/mol. The number of rotatable bonds is 4. The van der Waals surface area contributed by atoms with Crippen molar-refractivity contribution in [2.24, 2.45) is 5.73 Å². The second-order valence-electron chi connectivity index (χ2n) is 2.07. The summed E-state index contributed by atoms with van der Waals surface area (Å²) >= 11 is 0. The zero-order valence-electron chi connectivity index (χ0n) is 6.59. The Morgan fingerprint density at radius 1 is 1.70 bits per heavy atom. The first-order chi connectivity index (χ1) is 4.18. The molecule has 0 spiro atoms. The summed E-state index contributed by atoms with van der Waals surface area (Å²) in [7, 11) is 0. The second kappa shape index (κ2) is 7.54. The number of hydrogen-bond acceptors (Lipinski definition) is 3. The van der Waals surface area contributed by atoms with Crippen molar-refractivity contribution in [1.29, 1.82) is 0 Å². The second-order valence-corrected chi connectivity index (χ2v) is 2.07. The fourth-order valence-corrected chi connectivity index (χ4v) is 0.542. The Kier molecular flexibility index (Phi) is 9.84. The van der Waals surface area contributed by atoms with Crippen LogP contribution in [0.1, 0.15) is 26.2 Å². The number of carboxylic acids is 1. The molecular weight excluding hydrogens is 141 g/mol. The van der Waals surface area contributed by atoms with Crippen molar-refractivity contribution < 1.29 is 39.5 Å². The Morgan fingerprint density at radius 2 is 2.20 bits per heavy atom. The third-order valence-electron chi connectivity index (χ3n) is 1.17. The minimum Gasteiger partial charge on any atom is -0.548 e. The van der Waals surface area contributed by atoms with Crippen LogP contribution in [0.2, 0.25) is 0 Å². The van der Waals surface area contributed by atoms with E-state index in [-0.39, 0.29) is 29.6 Å². The monoisotopic (exact) mass is 153 g/mol. The fraction of sp³-hybridized carbons (Fsp3) is 0.833. The van der Waals surface area contributed by atoms with Gasteiger partial charge in [0.2, 0.25) is 0 Å². The van der Waals surface area contributed by atoms with Crippen molar-refractivity contribution in [3.8, 4) is 0 Å². The minimum absolute atomic E-state index is 0. The molecule has 0 amide bonds. The summed E-state index contributed by atoms with van der Waals surface area (Å²) < 4.78 is 0. The van der Waals surface area contributed by atoms with E-state index < -0.39 is 12.0 Å². The van der Waals surface area contributed by atoms with Crippen LogP contribution >= 0.6 is 0 Å². The van der Waals surface area contributed by atoms with Gasteiger partial charge in [0.05, 0.1) is 5.97 Å². The molecule has 0 bridgehead atoms. The molecular formula is C6H12NNaO2. The topological polar surface area (TPSA) is 66.2 Å². The number of carbonyl (C=O) groups is 1. The quantitative estimate of drug-likeness (QED) is 0.422. The van der Waals surface area contributed by atoms with Crippen LogP contribution in [0.3, 0.4) is 0 Å². The van der Waals surface area contributed by atoms with Gasteiger partial charge < -0.3 is 15.6 Å². The standard InChI is InChI=1S/C6H13NO2.Na/c1-2-3-4-5(7)6(8)9;/h5H,2-4,7H2,1H3,(H,8,9);/q;+1/p-1. The van der Waals surface area contributed by atoms with Gasteiger partial charge in [-0.3, -0.25) is 0 Å². The molecule has 0 saturated carbocycles. The average Bonchev–Trinajstić information content (AvgIpc) is 1.82. The predicted octanol–water partition coefficient (Wildman–Crippen LogP) is -3.74. The number of carboxylic acid groups (broad SMARTS) is 1. The molecule has 0 aromatic heterocycles. The van der Waals surface area contributed by atoms with Crippen molar-refractivity contribution in [3.63, 3.8) is 0 Å². The van der Waals surface area contributed by atoms with Crippen LogP contribution in [-0.2, 0) is 4.79 Å². The van der Waals surface area contributed by atoms with E-state index in [0.29, 0.717) is 6.42 Å². The van der Waals surface area contributed by atoms with E-state index in [1.54, 1.807) is 0 Å². The Morgan fingerprint density at radius 3 is 2.50 bits per heavy atom. The van der Waals surface area contributed by atoms with Gasteiger partial charge in [0.15, 0.2) is 0 Å². The molecule has 0 aromatic carbocycles. The van der Waals surface area contributed by atoms with Crippen LogP contribution in [0.5, 0.6) is 0 Å². The van der Waals surface area contributed by atoms with E-state index in [2.05, 4.69) is 0 Å². The van der Waals surface area contributed by atoms with Crippen LogP contribution in [0.25, 0.3) is 0 Å². The van der Waals surface area contributed by atoms with Crippen molar-refractivity contribution >= 4 is 5.97 Å². The van der Waals surface area contributed by atoms with Crippen molar-refractivity contribution in [1.82, 2.24) is 0 Å². The zero-order valence-corrected chi connectivity index (χ0v) is 8.59. The number of aliphatic carboxylic acids is 1. The van der Waals surface area contributed by atoms with Crippen molar-refractivity contribution in [2.75, 3.05) is 0 Å². The Balaban J connectivity index is 0. The number of unbranched alkanes of at least 4 members (excludes halogenated alkanes) is 1. The van der Waals surface area contributed by atoms with Gasteiger partial charge in [0, 0.05) is 6.04 Å². The molecule has 0 aliphatic carbocycles.